The highest BCUT2D eigenvalue weighted by Crippen LogP contribution is 2.23. The number of rotatable bonds is 2. The van der Waals surface area contributed by atoms with Gasteiger partial charge >= 0.3 is 0 Å². The van der Waals surface area contributed by atoms with Crippen LogP contribution in [-0.4, -0.2) is 23.4 Å². The van der Waals surface area contributed by atoms with E-state index < -0.39 is 0 Å². The fourth-order valence-corrected chi connectivity index (χ4v) is 2.76. The highest BCUT2D eigenvalue weighted by atomic mass is 16.2. The van der Waals surface area contributed by atoms with Gasteiger partial charge in [-0.25, -0.2) is 0 Å². The minimum atomic E-state index is 0.222. The maximum absolute atomic E-state index is 12.3. The van der Waals surface area contributed by atoms with Gasteiger partial charge in [-0.2, -0.15) is 0 Å². The Bertz CT molecular complexity index is 430. The van der Waals surface area contributed by atoms with E-state index in [9.17, 15) is 4.79 Å². The van der Waals surface area contributed by atoms with Crippen molar-refractivity contribution in [1.29, 1.82) is 0 Å². The molecule has 1 amide bonds. The number of nitrogens with zero attached hydrogens (tertiary/aromatic N) is 1. The normalized spacial score (nSPS) is 24.0. The van der Waals surface area contributed by atoms with Crippen LogP contribution in [0.2, 0.25) is 0 Å². The summed E-state index contributed by atoms with van der Waals surface area (Å²) in [7, 11) is 0. The topological polar surface area (TPSA) is 46.3 Å². The van der Waals surface area contributed by atoms with Crippen molar-refractivity contribution in [2.75, 3.05) is 12.3 Å². The largest absolute Gasteiger partial charge is 0.399 e. The first kappa shape index (κ1) is 12.9. The second kappa shape index (κ2) is 5.42. The number of hydrogen-bond donors (Lipinski definition) is 1. The van der Waals surface area contributed by atoms with Gasteiger partial charge in [0.15, 0.2) is 0 Å². The number of nitrogen functional groups attached to an aromatic ring is 1. The standard InChI is InChI=1S/C15H22N2O/c1-11-6-7-17(12(2)8-11)15(18)10-13-4-3-5-14(16)9-13/h3-5,9,11-12H,6-8,10,16H2,1-2H3. The minimum absolute atomic E-state index is 0.222. The molecule has 0 spiro atoms. The van der Waals surface area contributed by atoms with E-state index in [0.717, 1.165) is 36.6 Å². The summed E-state index contributed by atoms with van der Waals surface area (Å²) < 4.78 is 0. The van der Waals surface area contributed by atoms with Crippen LogP contribution in [0.1, 0.15) is 32.3 Å². The van der Waals surface area contributed by atoms with Gasteiger partial charge in [-0.05, 0) is 43.4 Å². The van der Waals surface area contributed by atoms with E-state index in [1.54, 1.807) is 0 Å². The summed E-state index contributed by atoms with van der Waals surface area (Å²) >= 11 is 0. The lowest BCUT2D eigenvalue weighted by molar-refractivity contribution is -0.134. The van der Waals surface area contributed by atoms with E-state index in [0.29, 0.717) is 12.5 Å². The molecule has 2 atom stereocenters. The quantitative estimate of drug-likeness (QED) is 0.815. The summed E-state index contributed by atoms with van der Waals surface area (Å²) in [5.41, 5.74) is 7.46. The van der Waals surface area contributed by atoms with Crippen molar-refractivity contribution in [3.05, 3.63) is 29.8 Å². The van der Waals surface area contributed by atoms with E-state index in [-0.39, 0.29) is 5.91 Å². The molecule has 1 aromatic rings. The molecule has 0 aromatic heterocycles. The monoisotopic (exact) mass is 246 g/mol. The fraction of sp³-hybridized carbons (Fsp3) is 0.533. The van der Waals surface area contributed by atoms with E-state index in [4.69, 9.17) is 5.73 Å². The fourth-order valence-electron chi connectivity index (χ4n) is 2.76. The molecule has 98 valence electrons. The number of carbonyl (C=O) groups is 1. The van der Waals surface area contributed by atoms with Crippen molar-refractivity contribution in [3.8, 4) is 0 Å². The van der Waals surface area contributed by atoms with Gasteiger partial charge in [-0.3, -0.25) is 4.79 Å². The van der Waals surface area contributed by atoms with E-state index in [2.05, 4.69) is 13.8 Å². The molecule has 0 aliphatic carbocycles. The number of anilines is 1. The first-order valence-corrected chi connectivity index (χ1v) is 6.70. The molecule has 2 rings (SSSR count). The van der Waals surface area contributed by atoms with Crippen LogP contribution in [0, 0.1) is 5.92 Å². The number of likely N-dealkylation sites (tertiary alicyclic amines) is 1. The number of benzene rings is 1. The Morgan fingerprint density at radius 3 is 2.89 bits per heavy atom. The molecule has 1 heterocycles. The van der Waals surface area contributed by atoms with Crippen LogP contribution in [0.3, 0.4) is 0 Å². The van der Waals surface area contributed by atoms with Gasteiger partial charge in [0.25, 0.3) is 0 Å². The zero-order chi connectivity index (χ0) is 13.1. The molecular formula is C15H22N2O. The Kier molecular flexibility index (Phi) is 3.90. The van der Waals surface area contributed by atoms with Crippen LogP contribution >= 0.6 is 0 Å². The zero-order valence-electron chi connectivity index (χ0n) is 11.2. The molecule has 1 saturated heterocycles. The predicted octanol–water partition coefficient (Wildman–Crippen LogP) is 2.46. The van der Waals surface area contributed by atoms with Crippen LogP contribution in [-0.2, 0) is 11.2 Å². The highest BCUT2D eigenvalue weighted by Gasteiger charge is 2.26. The molecule has 1 aromatic carbocycles. The predicted molar refractivity (Wildman–Crippen MR) is 74.1 cm³/mol. The summed E-state index contributed by atoms with van der Waals surface area (Å²) in [6.45, 7) is 5.30. The molecule has 0 saturated carbocycles. The third-order valence-corrected chi connectivity index (χ3v) is 3.77. The Labute approximate surface area is 109 Å². The van der Waals surface area contributed by atoms with Gasteiger partial charge < -0.3 is 10.6 Å². The molecule has 1 fully saturated rings. The molecule has 2 unspecified atom stereocenters. The zero-order valence-corrected chi connectivity index (χ0v) is 11.2. The SMILES string of the molecule is CC1CCN(C(=O)Cc2cccc(N)c2)C(C)C1. The van der Waals surface area contributed by atoms with Crippen molar-refractivity contribution in [3.63, 3.8) is 0 Å². The van der Waals surface area contributed by atoms with Gasteiger partial charge in [0, 0.05) is 18.3 Å². The maximum atomic E-state index is 12.3. The summed E-state index contributed by atoms with van der Waals surface area (Å²) in [5, 5.41) is 0. The van der Waals surface area contributed by atoms with Gasteiger partial charge in [0.1, 0.15) is 0 Å². The van der Waals surface area contributed by atoms with Crippen LogP contribution < -0.4 is 5.73 Å². The third kappa shape index (κ3) is 3.03. The summed E-state index contributed by atoms with van der Waals surface area (Å²) in [5.74, 6) is 0.955. The first-order valence-electron chi connectivity index (χ1n) is 6.70. The molecule has 1 aliphatic heterocycles. The lowest BCUT2D eigenvalue weighted by Crippen LogP contribution is -2.44. The van der Waals surface area contributed by atoms with Crippen LogP contribution in [0.15, 0.2) is 24.3 Å². The molecule has 0 radical (unpaired) electrons. The summed E-state index contributed by atoms with van der Waals surface area (Å²) in [4.78, 5) is 14.3. The number of amides is 1. The molecular weight excluding hydrogens is 224 g/mol. The lowest BCUT2D eigenvalue weighted by Gasteiger charge is -2.36. The lowest BCUT2D eigenvalue weighted by atomic mass is 9.93. The van der Waals surface area contributed by atoms with Gasteiger partial charge in [0.2, 0.25) is 5.91 Å². The van der Waals surface area contributed by atoms with Gasteiger partial charge in [0.05, 0.1) is 6.42 Å². The Morgan fingerprint density at radius 1 is 1.44 bits per heavy atom. The van der Waals surface area contributed by atoms with Crippen LogP contribution in [0.5, 0.6) is 0 Å². The van der Waals surface area contributed by atoms with E-state index in [1.165, 1.54) is 0 Å². The van der Waals surface area contributed by atoms with Crippen molar-refractivity contribution in [2.45, 2.75) is 39.2 Å². The third-order valence-electron chi connectivity index (χ3n) is 3.77. The number of nitrogens with two attached hydrogens (primary N) is 1. The average Bonchev–Trinajstić information content (AvgIpc) is 2.28. The van der Waals surface area contributed by atoms with Crippen LogP contribution in [0.25, 0.3) is 0 Å². The second-order valence-corrected chi connectivity index (χ2v) is 5.49. The molecule has 0 bridgehead atoms. The molecule has 2 N–H and O–H groups in total. The van der Waals surface area contributed by atoms with Crippen molar-refractivity contribution in [2.24, 2.45) is 5.92 Å². The van der Waals surface area contributed by atoms with Crippen molar-refractivity contribution in [1.82, 2.24) is 4.90 Å². The Balaban J connectivity index is 1.99. The van der Waals surface area contributed by atoms with Crippen LogP contribution in [0.4, 0.5) is 5.69 Å². The smallest absolute Gasteiger partial charge is 0.227 e. The minimum Gasteiger partial charge on any atom is -0.399 e. The average molecular weight is 246 g/mol. The van der Waals surface area contributed by atoms with Crippen molar-refractivity contribution < 1.29 is 4.79 Å². The number of piperidine rings is 1. The van der Waals surface area contributed by atoms with E-state index >= 15 is 0 Å². The van der Waals surface area contributed by atoms with Gasteiger partial charge in [-0.1, -0.05) is 19.1 Å². The summed E-state index contributed by atoms with van der Waals surface area (Å²) in [6.07, 6.45) is 2.69. The van der Waals surface area contributed by atoms with Gasteiger partial charge in [-0.15, -0.1) is 0 Å². The Hall–Kier alpha value is -1.51. The first-order chi connectivity index (χ1) is 8.56. The maximum Gasteiger partial charge on any atom is 0.227 e. The number of hydrogen-bond acceptors (Lipinski definition) is 2. The van der Waals surface area contributed by atoms with Crippen molar-refractivity contribution >= 4 is 11.6 Å². The van der Waals surface area contributed by atoms with E-state index in [1.807, 2.05) is 29.2 Å². The molecule has 1 aliphatic rings. The number of carbonyl (C=O) groups excluding carboxylic acids is 1. The second-order valence-electron chi connectivity index (χ2n) is 5.49. The Morgan fingerprint density at radius 2 is 2.22 bits per heavy atom. The molecule has 3 heteroatoms. The molecule has 18 heavy (non-hydrogen) atoms. The molecule has 3 nitrogen and oxygen atoms in total. The summed E-state index contributed by atoms with van der Waals surface area (Å²) in [6, 6.07) is 7.96. The highest BCUT2D eigenvalue weighted by molar-refractivity contribution is 5.79.